The smallest absolute Gasteiger partial charge is 0.412 e. The number of carboxylic acids is 1. The molecule has 3 aliphatic rings. The van der Waals surface area contributed by atoms with Gasteiger partial charge in [-0.05, 0) is 28.8 Å². The summed E-state index contributed by atoms with van der Waals surface area (Å²) in [6.45, 7) is 4.69. The Bertz CT molecular complexity index is 985. The molecule has 2 aromatic carbocycles. The van der Waals surface area contributed by atoms with Crippen LogP contribution in [0.5, 0.6) is 0 Å². The summed E-state index contributed by atoms with van der Waals surface area (Å²) in [7, 11) is 0. The fourth-order valence-electron chi connectivity index (χ4n) is 5.40. The molecule has 1 atom stereocenters. The number of benzene rings is 2. The Morgan fingerprint density at radius 2 is 1.66 bits per heavy atom. The molecule has 0 bridgehead atoms. The number of hydrogen-bond donors (Lipinski definition) is 1. The average Bonchev–Trinajstić information content (AvgIpc) is 3.34. The number of ether oxygens (including phenoxy) is 2. The van der Waals surface area contributed by atoms with E-state index in [1.807, 2.05) is 24.3 Å². The first-order valence-electron chi connectivity index (χ1n) is 11.3. The molecule has 32 heavy (non-hydrogen) atoms. The van der Waals surface area contributed by atoms with E-state index in [2.05, 4.69) is 36.1 Å². The SMILES string of the molecule is CCN1CCC2(CC1)OCC(C(=O)O)N2C(=O)OCC1c2ccccc2-c2ccccc21. The van der Waals surface area contributed by atoms with Crippen molar-refractivity contribution in [3.05, 3.63) is 59.7 Å². The van der Waals surface area contributed by atoms with Crippen LogP contribution in [0.25, 0.3) is 11.1 Å². The molecule has 2 saturated heterocycles. The van der Waals surface area contributed by atoms with Gasteiger partial charge in [0.25, 0.3) is 0 Å². The van der Waals surface area contributed by atoms with Crippen LogP contribution in [0.15, 0.2) is 48.5 Å². The number of likely N-dealkylation sites (tertiary alicyclic amines) is 1. The van der Waals surface area contributed by atoms with Crippen molar-refractivity contribution in [2.75, 3.05) is 32.8 Å². The Morgan fingerprint density at radius 3 is 2.22 bits per heavy atom. The summed E-state index contributed by atoms with van der Waals surface area (Å²) in [5, 5.41) is 9.74. The Balaban J connectivity index is 1.37. The van der Waals surface area contributed by atoms with Crippen LogP contribution in [0.1, 0.15) is 36.8 Å². The predicted octanol–water partition coefficient (Wildman–Crippen LogP) is 3.53. The number of carbonyl (C=O) groups is 2. The van der Waals surface area contributed by atoms with E-state index in [-0.39, 0.29) is 19.1 Å². The van der Waals surface area contributed by atoms with Crippen LogP contribution in [0.3, 0.4) is 0 Å². The summed E-state index contributed by atoms with van der Waals surface area (Å²) in [5.74, 6) is -1.13. The molecule has 0 radical (unpaired) electrons. The summed E-state index contributed by atoms with van der Waals surface area (Å²) >= 11 is 0. The standard InChI is InChI=1S/C25H28N2O5/c1-2-26-13-11-25(12-14-26)27(22(16-32-25)23(28)29)24(30)31-15-21-19-9-5-3-7-17(19)18-8-4-6-10-20(18)21/h3-10,21-22H,2,11-16H2,1H3,(H,28,29). The maximum absolute atomic E-state index is 13.3. The molecule has 2 fully saturated rings. The molecule has 0 aromatic heterocycles. The zero-order valence-corrected chi connectivity index (χ0v) is 18.2. The lowest BCUT2D eigenvalue weighted by Gasteiger charge is -2.43. The number of hydrogen-bond acceptors (Lipinski definition) is 5. The van der Waals surface area contributed by atoms with Gasteiger partial charge in [0.1, 0.15) is 12.3 Å². The Kier molecular flexibility index (Phi) is 5.39. The maximum Gasteiger partial charge on any atom is 0.412 e. The normalized spacial score (nSPS) is 22.0. The van der Waals surface area contributed by atoms with E-state index in [1.54, 1.807) is 0 Å². The molecule has 1 aliphatic carbocycles. The van der Waals surface area contributed by atoms with Crippen LogP contribution in [0.4, 0.5) is 4.79 Å². The predicted molar refractivity (Wildman–Crippen MR) is 118 cm³/mol. The number of aliphatic carboxylic acids is 1. The van der Waals surface area contributed by atoms with Crippen molar-refractivity contribution in [2.24, 2.45) is 0 Å². The first kappa shape index (κ1) is 21.0. The second-order valence-corrected chi connectivity index (χ2v) is 8.72. The summed E-state index contributed by atoms with van der Waals surface area (Å²) in [5.41, 5.74) is 3.65. The summed E-state index contributed by atoms with van der Waals surface area (Å²) in [6, 6.07) is 15.3. The van der Waals surface area contributed by atoms with Crippen molar-refractivity contribution >= 4 is 12.1 Å². The molecule has 1 unspecified atom stereocenters. The van der Waals surface area contributed by atoms with Gasteiger partial charge in [-0.2, -0.15) is 0 Å². The topological polar surface area (TPSA) is 79.3 Å². The van der Waals surface area contributed by atoms with E-state index in [1.165, 1.54) is 4.90 Å². The van der Waals surface area contributed by atoms with Gasteiger partial charge in [-0.1, -0.05) is 55.5 Å². The third kappa shape index (κ3) is 3.36. The van der Waals surface area contributed by atoms with Gasteiger partial charge < -0.3 is 19.5 Å². The maximum atomic E-state index is 13.3. The second kappa shape index (κ2) is 8.22. The fourth-order valence-corrected chi connectivity index (χ4v) is 5.40. The van der Waals surface area contributed by atoms with Crippen molar-refractivity contribution in [2.45, 2.75) is 37.5 Å². The number of piperidine rings is 1. The van der Waals surface area contributed by atoms with Gasteiger partial charge in [0.2, 0.25) is 0 Å². The monoisotopic (exact) mass is 436 g/mol. The number of fused-ring (bicyclic) bond motifs is 3. The first-order chi connectivity index (χ1) is 15.5. The van der Waals surface area contributed by atoms with Gasteiger partial charge in [0.15, 0.2) is 6.04 Å². The minimum atomic E-state index is -1.06. The molecule has 1 amide bonds. The molecule has 5 rings (SSSR count). The molecule has 2 heterocycles. The van der Waals surface area contributed by atoms with Crippen molar-refractivity contribution in [1.82, 2.24) is 9.80 Å². The molecule has 0 saturated carbocycles. The lowest BCUT2D eigenvalue weighted by atomic mass is 9.98. The lowest BCUT2D eigenvalue weighted by Crippen LogP contribution is -2.58. The van der Waals surface area contributed by atoms with Gasteiger partial charge in [0, 0.05) is 31.8 Å². The zero-order valence-electron chi connectivity index (χ0n) is 18.2. The molecular formula is C25H28N2O5. The zero-order chi connectivity index (χ0) is 22.3. The molecule has 2 aromatic rings. The lowest BCUT2D eigenvalue weighted by molar-refractivity contribution is -0.145. The average molecular weight is 437 g/mol. The van der Waals surface area contributed by atoms with Gasteiger partial charge >= 0.3 is 12.1 Å². The van der Waals surface area contributed by atoms with Gasteiger partial charge in [-0.25, -0.2) is 9.59 Å². The van der Waals surface area contributed by atoms with Crippen LogP contribution < -0.4 is 0 Å². The minimum absolute atomic E-state index is 0.00828. The summed E-state index contributed by atoms with van der Waals surface area (Å²) in [4.78, 5) is 28.9. The van der Waals surface area contributed by atoms with Crippen LogP contribution in [0, 0.1) is 0 Å². The van der Waals surface area contributed by atoms with E-state index >= 15 is 0 Å². The van der Waals surface area contributed by atoms with Crippen molar-refractivity contribution in [1.29, 1.82) is 0 Å². The van der Waals surface area contributed by atoms with E-state index in [4.69, 9.17) is 9.47 Å². The van der Waals surface area contributed by atoms with Crippen LogP contribution in [-0.2, 0) is 14.3 Å². The summed E-state index contributed by atoms with van der Waals surface area (Å²) in [6.07, 6.45) is 0.547. The number of nitrogens with zero attached hydrogens (tertiary/aromatic N) is 2. The van der Waals surface area contributed by atoms with E-state index in [9.17, 15) is 14.7 Å². The number of amides is 1. The minimum Gasteiger partial charge on any atom is -0.480 e. The van der Waals surface area contributed by atoms with Crippen LogP contribution >= 0.6 is 0 Å². The highest BCUT2D eigenvalue weighted by Crippen LogP contribution is 2.45. The molecule has 2 aliphatic heterocycles. The highest BCUT2D eigenvalue weighted by atomic mass is 16.6. The summed E-state index contributed by atoms with van der Waals surface area (Å²) < 4.78 is 11.8. The molecule has 1 spiro atoms. The van der Waals surface area contributed by atoms with Crippen molar-refractivity contribution in [3.63, 3.8) is 0 Å². The van der Waals surface area contributed by atoms with Crippen LogP contribution in [-0.4, -0.2) is 71.6 Å². The van der Waals surface area contributed by atoms with E-state index in [0.717, 1.165) is 41.9 Å². The third-order valence-corrected chi connectivity index (χ3v) is 7.16. The van der Waals surface area contributed by atoms with Crippen molar-refractivity contribution in [3.8, 4) is 11.1 Å². The Hall–Kier alpha value is -2.90. The Morgan fingerprint density at radius 1 is 1.06 bits per heavy atom. The highest BCUT2D eigenvalue weighted by molar-refractivity contribution is 5.82. The number of rotatable bonds is 4. The third-order valence-electron chi connectivity index (χ3n) is 7.16. The van der Waals surface area contributed by atoms with Crippen molar-refractivity contribution < 1.29 is 24.2 Å². The van der Waals surface area contributed by atoms with Gasteiger partial charge in [-0.15, -0.1) is 0 Å². The number of carbonyl (C=O) groups excluding carboxylic acids is 1. The molecular weight excluding hydrogens is 408 g/mol. The Labute approximate surface area is 187 Å². The van der Waals surface area contributed by atoms with Gasteiger partial charge in [0.05, 0.1) is 6.61 Å². The van der Waals surface area contributed by atoms with E-state index < -0.39 is 23.8 Å². The quantitative estimate of drug-likeness (QED) is 0.790. The molecule has 168 valence electrons. The highest BCUT2D eigenvalue weighted by Gasteiger charge is 2.54. The molecule has 1 N–H and O–H groups in total. The second-order valence-electron chi connectivity index (χ2n) is 8.72. The molecule has 7 heteroatoms. The van der Waals surface area contributed by atoms with E-state index in [0.29, 0.717) is 12.8 Å². The van der Waals surface area contributed by atoms with Gasteiger partial charge in [-0.3, -0.25) is 4.90 Å². The number of carboxylic acid groups (broad SMARTS) is 1. The fraction of sp³-hybridized carbons (Fsp3) is 0.440. The molecule has 7 nitrogen and oxygen atoms in total. The largest absolute Gasteiger partial charge is 0.480 e. The first-order valence-corrected chi connectivity index (χ1v) is 11.3. The van der Waals surface area contributed by atoms with Crippen LogP contribution in [0.2, 0.25) is 0 Å².